The minimum absolute atomic E-state index is 0.0323. The number of carbonyl (C=O) groups is 1. The summed E-state index contributed by atoms with van der Waals surface area (Å²) in [4.78, 5) is 23.1. The quantitative estimate of drug-likeness (QED) is 0.746. The van der Waals surface area contributed by atoms with Crippen molar-refractivity contribution < 1.29 is 4.79 Å². The molecule has 2 N–H and O–H groups in total. The van der Waals surface area contributed by atoms with Crippen LogP contribution < -0.4 is 5.32 Å². The van der Waals surface area contributed by atoms with Crippen LogP contribution in [0.2, 0.25) is 0 Å². The number of hydrogen-bond donors (Lipinski definition) is 2. The molecule has 7 heteroatoms. The van der Waals surface area contributed by atoms with Gasteiger partial charge in [-0.15, -0.1) is 0 Å². The second kappa shape index (κ2) is 6.88. The number of aromatic nitrogens is 4. The number of aromatic amines is 1. The number of carbonyl (C=O) groups excluding carboxylic acids is 1. The number of anilines is 1. The monoisotopic (exact) mass is 338 g/mol. The Bertz CT molecular complexity index is 903. The van der Waals surface area contributed by atoms with Gasteiger partial charge in [-0.05, 0) is 44.5 Å². The van der Waals surface area contributed by atoms with Crippen molar-refractivity contribution in [1.29, 1.82) is 0 Å². The zero-order valence-electron chi connectivity index (χ0n) is 14.9. The van der Waals surface area contributed by atoms with Crippen LogP contribution in [0.1, 0.15) is 28.5 Å². The van der Waals surface area contributed by atoms with E-state index in [2.05, 4.69) is 25.5 Å². The number of amides is 1. The number of H-pyrrole nitrogens is 1. The molecule has 0 aliphatic heterocycles. The molecule has 25 heavy (non-hydrogen) atoms. The second-order valence-electron chi connectivity index (χ2n) is 6.31. The Morgan fingerprint density at radius 2 is 2.16 bits per heavy atom. The molecule has 1 atom stereocenters. The first-order valence-corrected chi connectivity index (χ1v) is 8.20. The smallest absolute Gasteiger partial charge is 0.256 e. The second-order valence-corrected chi connectivity index (χ2v) is 6.31. The standard InChI is InChI=1S/C18H22N6O/c1-11-7-14-10-21-23-16(14)15(8-11)17(25)24(4)13(3)9-20-18-19-6-5-12(2)22-18/h5-8,10,13H,9H2,1-4H3,(H,21,23)(H,19,20,22). The Morgan fingerprint density at radius 1 is 1.36 bits per heavy atom. The first-order chi connectivity index (χ1) is 12.0. The van der Waals surface area contributed by atoms with Crippen LogP contribution in [0.3, 0.4) is 0 Å². The minimum atomic E-state index is -0.0441. The van der Waals surface area contributed by atoms with Crippen LogP contribution in [0, 0.1) is 13.8 Å². The third-order valence-electron chi connectivity index (χ3n) is 4.26. The normalized spacial score (nSPS) is 12.2. The SMILES string of the molecule is Cc1cc(C(=O)N(C)C(C)CNc2nccc(C)n2)c2[nH]ncc2c1. The topological polar surface area (TPSA) is 86.8 Å². The Morgan fingerprint density at radius 3 is 2.92 bits per heavy atom. The van der Waals surface area contributed by atoms with E-state index in [4.69, 9.17) is 0 Å². The van der Waals surface area contributed by atoms with Crippen molar-refractivity contribution in [2.75, 3.05) is 18.9 Å². The number of benzene rings is 1. The number of rotatable bonds is 5. The van der Waals surface area contributed by atoms with E-state index in [0.717, 1.165) is 22.2 Å². The summed E-state index contributed by atoms with van der Waals surface area (Å²) in [5.41, 5.74) is 3.33. The van der Waals surface area contributed by atoms with E-state index in [1.807, 2.05) is 39.0 Å². The number of nitrogens with one attached hydrogen (secondary N) is 2. The highest BCUT2D eigenvalue weighted by atomic mass is 16.2. The summed E-state index contributed by atoms with van der Waals surface area (Å²) in [6, 6.07) is 5.71. The summed E-state index contributed by atoms with van der Waals surface area (Å²) < 4.78 is 0. The zero-order chi connectivity index (χ0) is 18.0. The molecule has 3 aromatic rings. The van der Waals surface area contributed by atoms with E-state index in [1.54, 1.807) is 24.3 Å². The number of aryl methyl sites for hydroxylation is 2. The molecule has 0 fully saturated rings. The highest BCUT2D eigenvalue weighted by Gasteiger charge is 2.20. The van der Waals surface area contributed by atoms with Crippen molar-refractivity contribution in [2.45, 2.75) is 26.8 Å². The van der Waals surface area contributed by atoms with Gasteiger partial charge in [0.1, 0.15) is 0 Å². The highest BCUT2D eigenvalue weighted by molar-refractivity contribution is 6.05. The lowest BCUT2D eigenvalue weighted by Gasteiger charge is -2.25. The molecule has 0 aliphatic rings. The minimum Gasteiger partial charge on any atom is -0.352 e. The predicted molar refractivity (Wildman–Crippen MR) is 97.6 cm³/mol. The van der Waals surface area contributed by atoms with Gasteiger partial charge in [0.15, 0.2) is 0 Å². The molecule has 0 radical (unpaired) electrons. The Balaban J connectivity index is 1.73. The average molecular weight is 338 g/mol. The molecule has 0 bridgehead atoms. The maximum atomic E-state index is 12.9. The number of likely N-dealkylation sites (N-methyl/N-ethyl adjacent to an activating group) is 1. The fraction of sp³-hybridized carbons (Fsp3) is 0.333. The van der Waals surface area contributed by atoms with Crippen molar-refractivity contribution >= 4 is 22.8 Å². The lowest BCUT2D eigenvalue weighted by atomic mass is 10.1. The van der Waals surface area contributed by atoms with E-state index in [9.17, 15) is 4.79 Å². The van der Waals surface area contributed by atoms with E-state index >= 15 is 0 Å². The summed E-state index contributed by atoms with van der Waals surface area (Å²) in [5, 5.41) is 11.1. The van der Waals surface area contributed by atoms with Crippen LogP contribution in [-0.4, -0.2) is 50.6 Å². The van der Waals surface area contributed by atoms with Crippen molar-refractivity contribution in [2.24, 2.45) is 0 Å². The fourth-order valence-corrected chi connectivity index (χ4v) is 2.68. The third kappa shape index (κ3) is 3.60. The average Bonchev–Trinajstić information content (AvgIpc) is 3.06. The van der Waals surface area contributed by atoms with Gasteiger partial charge in [0.25, 0.3) is 5.91 Å². The van der Waals surface area contributed by atoms with Crippen molar-refractivity contribution in [3.63, 3.8) is 0 Å². The largest absolute Gasteiger partial charge is 0.352 e. The van der Waals surface area contributed by atoms with Crippen LogP contribution in [0.5, 0.6) is 0 Å². The van der Waals surface area contributed by atoms with Crippen LogP contribution in [0.15, 0.2) is 30.6 Å². The van der Waals surface area contributed by atoms with Gasteiger partial charge in [0, 0.05) is 36.9 Å². The van der Waals surface area contributed by atoms with Crippen molar-refractivity contribution in [3.05, 3.63) is 47.4 Å². The van der Waals surface area contributed by atoms with Gasteiger partial charge in [0.2, 0.25) is 5.95 Å². The number of fused-ring (bicyclic) bond motifs is 1. The lowest BCUT2D eigenvalue weighted by Crippen LogP contribution is -2.39. The van der Waals surface area contributed by atoms with Crippen LogP contribution in [0.25, 0.3) is 10.9 Å². The van der Waals surface area contributed by atoms with Gasteiger partial charge in [-0.3, -0.25) is 9.89 Å². The molecule has 0 saturated carbocycles. The van der Waals surface area contributed by atoms with Gasteiger partial charge < -0.3 is 10.2 Å². The molecular weight excluding hydrogens is 316 g/mol. The van der Waals surface area contributed by atoms with E-state index in [1.165, 1.54) is 0 Å². The van der Waals surface area contributed by atoms with Crippen molar-refractivity contribution in [3.8, 4) is 0 Å². The molecule has 7 nitrogen and oxygen atoms in total. The maximum absolute atomic E-state index is 12.9. The molecule has 1 amide bonds. The predicted octanol–water partition coefficient (Wildman–Crippen LogP) is 2.54. The van der Waals surface area contributed by atoms with Crippen LogP contribution in [-0.2, 0) is 0 Å². The molecular formula is C18H22N6O. The van der Waals surface area contributed by atoms with Gasteiger partial charge >= 0.3 is 0 Å². The molecule has 1 aromatic carbocycles. The van der Waals surface area contributed by atoms with Gasteiger partial charge in [-0.2, -0.15) is 5.10 Å². The summed E-state index contributed by atoms with van der Waals surface area (Å²) in [6.45, 7) is 6.44. The Hall–Kier alpha value is -2.96. The number of hydrogen-bond acceptors (Lipinski definition) is 5. The Kier molecular flexibility index (Phi) is 4.65. The summed E-state index contributed by atoms with van der Waals surface area (Å²) in [7, 11) is 1.80. The molecule has 2 heterocycles. The third-order valence-corrected chi connectivity index (χ3v) is 4.26. The molecule has 1 unspecified atom stereocenters. The lowest BCUT2D eigenvalue weighted by molar-refractivity contribution is 0.0752. The summed E-state index contributed by atoms with van der Waals surface area (Å²) in [6.07, 6.45) is 3.45. The summed E-state index contributed by atoms with van der Waals surface area (Å²) >= 11 is 0. The first kappa shape index (κ1) is 16.9. The summed E-state index contributed by atoms with van der Waals surface area (Å²) in [5.74, 6) is 0.525. The van der Waals surface area contributed by atoms with Crippen LogP contribution in [0.4, 0.5) is 5.95 Å². The molecule has 0 spiro atoms. The fourth-order valence-electron chi connectivity index (χ4n) is 2.68. The molecule has 3 rings (SSSR count). The molecule has 0 aliphatic carbocycles. The first-order valence-electron chi connectivity index (χ1n) is 8.20. The highest BCUT2D eigenvalue weighted by Crippen LogP contribution is 2.20. The molecule has 0 saturated heterocycles. The van der Waals surface area contributed by atoms with Gasteiger partial charge in [-0.1, -0.05) is 0 Å². The van der Waals surface area contributed by atoms with E-state index < -0.39 is 0 Å². The zero-order valence-corrected chi connectivity index (χ0v) is 14.9. The Labute approximate surface area is 146 Å². The van der Waals surface area contributed by atoms with Gasteiger partial charge in [-0.25, -0.2) is 9.97 Å². The number of nitrogens with zero attached hydrogens (tertiary/aromatic N) is 4. The maximum Gasteiger partial charge on any atom is 0.256 e. The van der Waals surface area contributed by atoms with E-state index in [-0.39, 0.29) is 11.9 Å². The van der Waals surface area contributed by atoms with Gasteiger partial charge in [0.05, 0.1) is 17.3 Å². The van der Waals surface area contributed by atoms with E-state index in [0.29, 0.717) is 18.1 Å². The molecule has 130 valence electrons. The van der Waals surface area contributed by atoms with Crippen LogP contribution >= 0.6 is 0 Å². The van der Waals surface area contributed by atoms with Crippen molar-refractivity contribution in [1.82, 2.24) is 25.1 Å². The molecule has 2 aromatic heterocycles.